The van der Waals surface area contributed by atoms with Gasteiger partial charge in [0.1, 0.15) is 0 Å². The van der Waals surface area contributed by atoms with E-state index in [-0.39, 0.29) is 0 Å². The predicted molar refractivity (Wildman–Crippen MR) is 50.7 cm³/mol. The van der Waals surface area contributed by atoms with Gasteiger partial charge in [0.05, 0.1) is 5.52 Å². The van der Waals surface area contributed by atoms with Gasteiger partial charge in [-0.1, -0.05) is 6.07 Å². The number of fused-ring (bicyclic) bond motifs is 1. The minimum atomic E-state index is 0.992. The number of nitrogens with one attached hydrogen (secondary N) is 1. The molecular formula is C10H9N2. The predicted octanol–water partition coefficient (Wildman–Crippen LogP) is 2.44. The highest BCUT2D eigenvalue weighted by atomic mass is 14.8. The molecule has 0 atom stereocenters. The summed E-state index contributed by atoms with van der Waals surface area (Å²) in [6.07, 6.45) is 1.79. The molecule has 0 spiro atoms. The Kier molecular flexibility index (Phi) is 1.67. The second-order valence-corrected chi connectivity index (χ2v) is 2.55. The lowest BCUT2D eigenvalue weighted by Gasteiger charge is -2.03. The van der Waals surface area contributed by atoms with E-state index in [1.807, 2.05) is 30.3 Å². The van der Waals surface area contributed by atoms with Crippen LogP contribution in [0.1, 0.15) is 0 Å². The van der Waals surface area contributed by atoms with Gasteiger partial charge in [-0.25, -0.2) is 0 Å². The van der Waals surface area contributed by atoms with Crippen molar-refractivity contribution in [3.63, 3.8) is 0 Å². The second-order valence-electron chi connectivity index (χ2n) is 2.55. The van der Waals surface area contributed by atoms with E-state index in [0.29, 0.717) is 0 Å². The van der Waals surface area contributed by atoms with Gasteiger partial charge in [0.2, 0.25) is 0 Å². The summed E-state index contributed by atoms with van der Waals surface area (Å²) in [5.41, 5.74) is 2.01. The molecule has 2 heteroatoms. The number of hydrogen-bond acceptors (Lipinski definition) is 2. The summed E-state index contributed by atoms with van der Waals surface area (Å²) in [6.45, 7) is 0. The van der Waals surface area contributed by atoms with Crippen LogP contribution in [0.5, 0.6) is 0 Å². The van der Waals surface area contributed by atoms with E-state index >= 15 is 0 Å². The van der Waals surface area contributed by atoms with Crippen LogP contribution in [0.25, 0.3) is 10.9 Å². The Balaban J connectivity index is 2.79. The SMILES string of the molecule is [CH2]Nc1cccc2ncccc12. The third-order valence-electron chi connectivity index (χ3n) is 1.84. The Bertz CT molecular complexity index is 390. The molecule has 12 heavy (non-hydrogen) atoms. The van der Waals surface area contributed by atoms with Crippen molar-refractivity contribution < 1.29 is 0 Å². The van der Waals surface area contributed by atoms with Crippen LogP contribution in [0.15, 0.2) is 36.5 Å². The van der Waals surface area contributed by atoms with Crippen molar-refractivity contribution >= 4 is 16.6 Å². The van der Waals surface area contributed by atoms with Crippen molar-refractivity contribution in [2.45, 2.75) is 0 Å². The van der Waals surface area contributed by atoms with E-state index in [9.17, 15) is 0 Å². The third kappa shape index (κ3) is 1.01. The standard InChI is InChI=1S/C10H9N2/c1-11-9-5-2-6-10-8(9)4-3-7-12-10/h2-7,11H,1H2. The van der Waals surface area contributed by atoms with Crippen LogP contribution < -0.4 is 5.32 Å². The number of hydrogen-bond donors (Lipinski definition) is 1. The largest absolute Gasteiger partial charge is 0.383 e. The zero-order valence-electron chi connectivity index (χ0n) is 6.62. The summed E-state index contributed by atoms with van der Waals surface area (Å²) >= 11 is 0. The maximum atomic E-state index is 4.22. The van der Waals surface area contributed by atoms with Gasteiger partial charge < -0.3 is 5.32 Å². The molecule has 0 aliphatic rings. The maximum Gasteiger partial charge on any atom is 0.0722 e. The highest BCUT2D eigenvalue weighted by Gasteiger charge is 1.96. The summed E-state index contributed by atoms with van der Waals surface area (Å²) in [5.74, 6) is 0. The lowest BCUT2D eigenvalue weighted by molar-refractivity contribution is 1.41. The van der Waals surface area contributed by atoms with Gasteiger partial charge >= 0.3 is 0 Å². The first-order chi connectivity index (χ1) is 5.92. The Morgan fingerprint density at radius 3 is 2.92 bits per heavy atom. The molecule has 2 aromatic rings. The number of benzene rings is 1. The molecule has 0 unspecified atom stereocenters. The number of anilines is 1. The highest BCUT2D eigenvalue weighted by Crippen LogP contribution is 2.20. The fourth-order valence-electron chi connectivity index (χ4n) is 1.26. The first-order valence-electron chi connectivity index (χ1n) is 3.78. The Morgan fingerprint density at radius 1 is 1.17 bits per heavy atom. The van der Waals surface area contributed by atoms with Crippen molar-refractivity contribution in [2.24, 2.45) is 0 Å². The number of rotatable bonds is 1. The minimum Gasteiger partial charge on any atom is -0.383 e. The van der Waals surface area contributed by atoms with Crippen molar-refractivity contribution in [1.29, 1.82) is 0 Å². The van der Waals surface area contributed by atoms with Crippen molar-refractivity contribution in [3.05, 3.63) is 43.6 Å². The molecule has 1 N–H and O–H groups in total. The average Bonchev–Trinajstić information content (AvgIpc) is 2.17. The second kappa shape index (κ2) is 2.81. The molecule has 0 aliphatic carbocycles. The monoisotopic (exact) mass is 157 g/mol. The molecule has 1 heterocycles. The normalized spacial score (nSPS) is 10.1. The first-order valence-corrected chi connectivity index (χ1v) is 3.78. The summed E-state index contributed by atoms with van der Waals surface area (Å²) in [7, 11) is 3.63. The van der Waals surface area contributed by atoms with Crippen LogP contribution >= 0.6 is 0 Å². The molecule has 0 aliphatic heterocycles. The molecule has 1 radical (unpaired) electrons. The molecule has 0 saturated carbocycles. The number of aromatic nitrogens is 1. The van der Waals surface area contributed by atoms with Gasteiger partial charge in [0.15, 0.2) is 0 Å². The van der Waals surface area contributed by atoms with E-state index in [1.165, 1.54) is 0 Å². The van der Waals surface area contributed by atoms with Gasteiger partial charge in [-0.15, -0.1) is 0 Å². The van der Waals surface area contributed by atoms with E-state index in [2.05, 4.69) is 17.3 Å². The molecule has 1 aromatic heterocycles. The molecule has 0 fully saturated rings. The lowest BCUT2D eigenvalue weighted by atomic mass is 10.2. The zero-order chi connectivity index (χ0) is 8.39. The summed E-state index contributed by atoms with van der Waals surface area (Å²) in [5, 5.41) is 3.99. The van der Waals surface area contributed by atoms with Crippen LogP contribution in [0.4, 0.5) is 5.69 Å². The average molecular weight is 157 g/mol. The van der Waals surface area contributed by atoms with Crippen molar-refractivity contribution in [3.8, 4) is 0 Å². The molecule has 59 valence electrons. The van der Waals surface area contributed by atoms with Gasteiger partial charge in [-0.3, -0.25) is 4.98 Å². The Morgan fingerprint density at radius 2 is 2.08 bits per heavy atom. The van der Waals surface area contributed by atoms with E-state index in [4.69, 9.17) is 0 Å². The van der Waals surface area contributed by atoms with Gasteiger partial charge in [-0.2, -0.15) is 0 Å². The summed E-state index contributed by atoms with van der Waals surface area (Å²) in [6, 6.07) is 9.87. The Hall–Kier alpha value is -1.57. The van der Waals surface area contributed by atoms with Gasteiger partial charge in [0, 0.05) is 24.3 Å². The van der Waals surface area contributed by atoms with Crippen LogP contribution in [0, 0.1) is 7.05 Å². The van der Waals surface area contributed by atoms with Crippen LogP contribution in [0.3, 0.4) is 0 Å². The minimum absolute atomic E-state index is 0.992. The fraction of sp³-hybridized carbons (Fsp3) is 0. The third-order valence-corrected chi connectivity index (χ3v) is 1.84. The van der Waals surface area contributed by atoms with Crippen LogP contribution in [-0.4, -0.2) is 4.98 Å². The maximum absolute atomic E-state index is 4.22. The summed E-state index contributed by atoms with van der Waals surface area (Å²) < 4.78 is 0. The van der Waals surface area contributed by atoms with Gasteiger partial charge in [0.25, 0.3) is 0 Å². The first kappa shape index (κ1) is 7.10. The quantitative estimate of drug-likeness (QED) is 0.687. The fourth-order valence-corrected chi connectivity index (χ4v) is 1.26. The lowest BCUT2D eigenvalue weighted by Crippen LogP contribution is -1.86. The molecule has 2 nitrogen and oxygen atoms in total. The molecule has 0 saturated heterocycles. The van der Waals surface area contributed by atoms with Crippen molar-refractivity contribution in [2.75, 3.05) is 5.32 Å². The molecule has 0 amide bonds. The number of pyridine rings is 1. The zero-order valence-corrected chi connectivity index (χ0v) is 6.62. The molecular weight excluding hydrogens is 148 g/mol. The molecule has 2 rings (SSSR count). The highest BCUT2D eigenvalue weighted by molar-refractivity contribution is 5.91. The smallest absolute Gasteiger partial charge is 0.0722 e. The van der Waals surface area contributed by atoms with E-state index in [0.717, 1.165) is 16.6 Å². The molecule has 1 aromatic carbocycles. The van der Waals surface area contributed by atoms with Crippen LogP contribution in [0.2, 0.25) is 0 Å². The van der Waals surface area contributed by atoms with E-state index in [1.54, 1.807) is 6.20 Å². The van der Waals surface area contributed by atoms with Gasteiger partial charge in [-0.05, 0) is 24.3 Å². The number of nitrogens with zero attached hydrogens (tertiary/aromatic N) is 1. The topological polar surface area (TPSA) is 24.9 Å². The van der Waals surface area contributed by atoms with Crippen molar-refractivity contribution in [1.82, 2.24) is 4.98 Å². The summed E-state index contributed by atoms with van der Waals surface area (Å²) in [4.78, 5) is 4.22. The molecule has 0 bridgehead atoms. The Labute approximate surface area is 71.2 Å². The van der Waals surface area contributed by atoms with Crippen LogP contribution in [-0.2, 0) is 0 Å². The van der Waals surface area contributed by atoms with E-state index < -0.39 is 0 Å².